The standard InChI is InChI=1S/C14H13FN2O4S/c1-21-14(18)12-7-4-10(16)8-13(12)17-22(19,20)11-5-2-9(15)3-6-11/h2-8,17H,16H2,1H3. The molecule has 0 saturated carbocycles. The van der Waals surface area contributed by atoms with Crippen molar-refractivity contribution in [2.24, 2.45) is 0 Å². The maximum absolute atomic E-state index is 12.9. The minimum absolute atomic E-state index is 0.0161. The molecule has 22 heavy (non-hydrogen) atoms. The molecule has 2 rings (SSSR count). The van der Waals surface area contributed by atoms with Crippen molar-refractivity contribution in [2.75, 3.05) is 17.6 Å². The van der Waals surface area contributed by atoms with Gasteiger partial charge in [0.2, 0.25) is 0 Å². The van der Waals surface area contributed by atoms with E-state index in [1.165, 1.54) is 25.3 Å². The molecule has 3 N–H and O–H groups in total. The Kier molecular flexibility index (Phi) is 4.32. The molecule has 2 aromatic carbocycles. The second-order valence-corrected chi connectivity index (χ2v) is 6.04. The number of esters is 1. The van der Waals surface area contributed by atoms with Crippen LogP contribution in [0, 0.1) is 5.82 Å². The summed E-state index contributed by atoms with van der Waals surface area (Å²) in [7, 11) is -2.81. The summed E-state index contributed by atoms with van der Waals surface area (Å²) in [6.07, 6.45) is 0. The summed E-state index contributed by atoms with van der Waals surface area (Å²) in [6, 6.07) is 8.37. The van der Waals surface area contributed by atoms with E-state index in [-0.39, 0.29) is 21.8 Å². The predicted octanol–water partition coefficient (Wildman–Crippen LogP) is 2.00. The largest absolute Gasteiger partial charge is 0.465 e. The third kappa shape index (κ3) is 3.34. The Labute approximate surface area is 126 Å². The third-order valence-electron chi connectivity index (χ3n) is 2.82. The van der Waals surface area contributed by atoms with Crippen molar-refractivity contribution >= 4 is 27.4 Å². The Morgan fingerprint density at radius 2 is 1.82 bits per heavy atom. The molecule has 0 amide bonds. The van der Waals surface area contributed by atoms with Crippen molar-refractivity contribution < 1.29 is 22.3 Å². The van der Waals surface area contributed by atoms with E-state index >= 15 is 0 Å². The number of nitrogen functional groups attached to an aromatic ring is 1. The van der Waals surface area contributed by atoms with Crippen molar-refractivity contribution in [1.29, 1.82) is 0 Å². The highest BCUT2D eigenvalue weighted by Gasteiger charge is 2.19. The van der Waals surface area contributed by atoms with Crippen molar-refractivity contribution in [2.45, 2.75) is 4.90 Å². The number of nitrogens with two attached hydrogens (primary N) is 1. The number of halogens is 1. The van der Waals surface area contributed by atoms with Gasteiger partial charge in [-0.1, -0.05) is 0 Å². The molecule has 0 heterocycles. The fourth-order valence-electron chi connectivity index (χ4n) is 1.75. The quantitative estimate of drug-likeness (QED) is 0.662. The molecule has 0 aromatic heterocycles. The summed E-state index contributed by atoms with van der Waals surface area (Å²) < 4.78 is 44.2. The lowest BCUT2D eigenvalue weighted by molar-refractivity contribution is 0.0602. The molecule has 0 aliphatic heterocycles. The van der Waals surface area contributed by atoms with Crippen molar-refractivity contribution in [1.82, 2.24) is 0 Å². The smallest absolute Gasteiger partial charge is 0.339 e. The highest BCUT2D eigenvalue weighted by molar-refractivity contribution is 7.92. The van der Waals surface area contributed by atoms with Gasteiger partial charge in [-0.2, -0.15) is 0 Å². The van der Waals surface area contributed by atoms with Gasteiger partial charge in [0.15, 0.2) is 0 Å². The van der Waals surface area contributed by atoms with Crippen LogP contribution in [0.1, 0.15) is 10.4 Å². The van der Waals surface area contributed by atoms with Gasteiger partial charge in [-0.25, -0.2) is 17.6 Å². The number of carbonyl (C=O) groups excluding carboxylic acids is 1. The number of anilines is 2. The van der Waals surface area contributed by atoms with Gasteiger partial charge in [0.05, 0.1) is 23.3 Å². The summed E-state index contributed by atoms with van der Waals surface area (Å²) >= 11 is 0. The second-order valence-electron chi connectivity index (χ2n) is 4.36. The normalized spacial score (nSPS) is 11.0. The maximum atomic E-state index is 12.9. The Bertz CT molecular complexity index is 804. The molecular formula is C14H13FN2O4S. The van der Waals surface area contributed by atoms with E-state index in [0.717, 1.165) is 24.3 Å². The highest BCUT2D eigenvalue weighted by atomic mass is 32.2. The van der Waals surface area contributed by atoms with Crippen LogP contribution < -0.4 is 10.5 Å². The Morgan fingerprint density at radius 3 is 2.41 bits per heavy atom. The maximum Gasteiger partial charge on any atom is 0.339 e. The van der Waals surface area contributed by atoms with Crippen LogP contribution in [0.15, 0.2) is 47.4 Å². The zero-order valence-electron chi connectivity index (χ0n) is 11.5. The molecule has 0 fully saturated rings. The topological polar surface area (TPSA) is 98.5 Å². The average Bonchev–Trinajstić information content (AvgIpc) is 2.46. The molecule has 0 aliphatic rings. The van der Waals surface area contributed by atoms with Gasteiger partial charge >= 0.3 is 5.97 Å². The Hall–Kier alpha value is -2.61. The van der Waals surface area contributed by atoms with Gasteiger partial charge in [-0.15, -0.1) is 0 Å². The number of rotatable bonds is 4. The SMILES string of the molecule is COC(=O)c1ccc(N)cc1NS(=O)(=O)c1ccc(F)cc1. The van der Waals surface area contributed by atoms with Crippen molar-refractivity contribution in [3.63, 3.8) is 0 Å². The van der Waals surface area contributed by atoms with Gasteiger partial charge in [0, 0.05) is 5.69 Å². The zero-order chi connectivity index (χ0) is 16.3. The van der Waals surface area contributed by atoms with Crippen LogP contribution in [-0.4, -0.2) is 21.5 Å². The molecule has 6 nitrogen and oxygen atoms in total. The lowest BCUT2D eigenvalue weighted by Gasteiger charge is -2.12. The van der Waals surface area contributed by atoms with Crippen LogP contribution in [-0.2, 0) is 14.8 Å². The van der Waals surface area contributed by atoms with E-state index in [2.05, 4.69) is 9.46 Å². The molecule has 0 radical (unpaired) electrons. The van der Waals surface area contributed by atoms with Crippen LogP contribution in [0.3, 0.4) is 0 Å². The van der Waals surface area contributed by atoms with Gasteiger partial charge in [0.25, 0.3) is 10.0 Å². The lowest BCUT2D eigenvalue weighted by atomic mass is 10.1. The van der Waals surface area contributed by atoms with E-state index in [1.807, 2.05) is 0 Å². The molecule has 0 saturated heterocycles. The molecule has 0 bridgehead atoms. The molecule has 0 aliphatic carbocycles. The zero-order valence-corrected chi connectivity index (χ0v) is 12.4. The van der Waals surface area contributed by atoms with Crippen LogP contribution in [0.5, 0.6) is 0 Å². The number of methoxy groups -OCH3 is 1. The minimum Gasteiger partial charge on any atom is -0.465 e. The number of hydrogen-bond acceptors (Lipinski definition) is 5. The first kappa shape index (κ1) is 15.8. The summed E-state index contributed by atoms with van der Waals surface area (Å²) in [6.45, 7) is 0. The van der Waals surface area contributed by atoms with E-state index in [9.17, 15) is 17.6 Å². The predicted molar refractivity (Wildman–Crippen MR) is 79.4 cm³/mol. The second kappa shape index (κ2) is 6.02. The molecule has 8 heteroatoms. The monoisotopic (exact) mass is 324 g/mol. The van der Waals surface area contributed by atoms with Gasteiger partial charge < -0.3 is 10.5 Å². The number of nitrogens with one attached hydrogen (secondary N) is 1. The summed E-state index contributed by atoms with van der Waals surface area (Å²) in [5.74, 6) is -1.27. The lowest BCUT2D eigenvalue weighted by Crippen LogP contribution is -2.16. The van der Waals surface area contributed by atoms with Crippen LogP contribution >= 0.6 is 0 Å². The van der Waals surface area contributed by atoms with Crippen molar-refractivity contribution in [3.05, 3.63) is 53.8 Å². The number of carbonyl (C=O) groups is 1. The van der Waals surface area contributed by atoms with Crippen LogP contribution in [0.4, 0.5) is 15.8 Å². The first-order valence-corrected chi connectivity index (χ1v) is 7.58. The van der Waals surface area contributed by atoms with E-state index in [1.54, 1.807) is 0 Å². The van der Waals surface area contributed by atoms with Gasteiger partial charge in [-0.05, 0) is 42.5 Å². The number of ether oxygens (including phenoxy) is 1. The molecular weight excluding hydrogens is 311 g/mol. The molecule has 0 spiro atoms. The first-order valence-electron chi connectivity index (χ1n) is 6.10. The number of sulfonamides is 1. The van der Waals surface area contributed by atoms with Crippen LogP contribution in [0.2, 0.25) is 0 Å². The van der Waals surface area contributed by atoms with Crippen LogP contribution in [0.25, 0.3) is 0 Å². The van der Waals surface area contributed by atoms with E-state index in [0.29, 0.717) is 0 Å². The van der Waals surface area contributed by atoms with Crippen molar-refractivity contribution in [3.8, 4) is 0 Å². The molecule has 0 unspecified atom stereocenters. The molecule has 116 valence electrons. The Morgan fingerprint density at radius 1 is 1.18 bits per heavy atom. The Balaban J connectivity index is 2.43. The van der Waals surface area contributed by atoms with E-state index < -0.39 is 21.8 Å². The van der Waals surface area contributed by atoms with Gasteiger partial charge in [-0.3, -0.25) is 4.72 Å². The fourth-order valence-corrected chi connectivity index (χ4v) is 2.82. The average molecular weight is 324 g/mol. The van der Waals surface area contributed by atoms with Gasteiger partial charge in [0.1, 0.15) is 5.82 Å². The molecule has 0 atom stereocenters. The number of hydrogen-bond donors (Lipinski definition) is 2. The highest BCUT2D eigenvalue weighted by Crippen LogP contribution is 2.23. The fraction of sp³-hybridized carbons (Fsp3) is 0.0714. The number of benzene rings is 2. The summed E-state index contributed by atoms with van der Waals surface area (Å²) in [5, 5.41) is 0. The van der Waals surface area contributed by atoms with E-state index in [4.69, 9.17) is 5.73 Å². The molecule has 2 aromatic rings. The summed E-state index contributed by atoms with van der Waals surface area (Å²) in [5.41, 5.74) is 5.88. The summed E-state index contributed by atoms with van der Waals surface area (Å²) in [4.78, 5) is 11.5. The third-order valence-corrected chi connectivity index (χ3v) is 4.20. The minimum atomic E-state index is -3.99. The first-order chi connectivity index (χ1) is 10.3.